The van der Waals surface area contributed by atoms with E-state index in [1.54, 1.807) is 24.3 Å². The minimum Gasteiger partial charge on any atom is -0.462 e. The maximum Gasteiger partial charge on any atom is 0.307 e. The summed E-state index contributed by atoms with van der Waals surface area (Å²) in [6, 6.07) is 29.1. The Kier molecular flexibility index (Phi) is 8.48. The molecule has 2 aliphatic rings. The van der Waals surface area contributed by atoms with Gasteiger partial charge in [-0.2, -0.15) is 0 Å². The number of ether oxygens (including phenoxy) is 1. The number of fused-ring (bicyclic) bond motifs is 2. The van der Waals surface area contributed by atoms with Gasteiger partial charge in [-0.05, 0) is 66.7 Å². The number of benzene rings is 3. The molecule has 0 amide bonds. The predicted octanol–water partition coefficient (Wildman–Crippen LogP) is 6.38. The van der Waals surface area contributed by atoms with Crippen molar-refractivity contribution in [1.82, 2.24) is 5.32 Å². The molecule has 3 aromatic rings. The fourth-order valence-electron chi connectivity index (χ4n) is 7.08. The predicted molar refractivity (Wildman–Crippen MR) is 158 cm³/mol. The molecule has 212 valence electrons. The average Bonchev–Trinajstić information content (AvgIpc) is 3.31. The van der Waals surface area contributed by atoms with Crippen LogP contribution in [0.3, 0.4) is 0 Å². The highest BCUT2D eigenvalue weighted by atomic mass is 32.2. The van der Waals surface area contributed by atoms with Crippen LogP contribution in [-0.4, -0.2) is 32.3 Å². The molecule has 2 bridgehead atoms. The van der Waals surface area contributed by atoms with Gasteiger partial charge in [-0.1, -0.05) is 92.7 Å². The lowest BCUT2D eigenvalue weighted by Gasteiger charge is -2.41. The van der Waals surface area contributed by atoms with E-state index in [-0.39, 0.29) is 29.6 Å². The summed E-state index contributed by atoms with van der Waals surface area (Å²) in [4.78, 5) is 13.8. The molecule has 3 aromatic carbocycles. The summed E-state index contributed by atoms with van der Waals surface area (Å²) in [6.07, 6.45) is 3.99. The van der Waals surface area contributed by atoms with E-state index in [1.165, 1.54) is 11.1 Å². The fourth-order valence-corrected chi connectivity index (χ4v) is 9.20. The standard InChI is InChI=1S/C34H41NO4S/c1-33(2)28-20-21-34(33,25-40(37,38)30-16-10-5-11-17-30)31(22-28)39-32(36)23-29(19-18-26-12-6-3-7-13-26)35-24-27-14-8-4-9-15-27/h3-17,28-29,31,35H,18-25H2,1-2H3/t28-,29-,31-,34-/m0/s1. The lowest BCUT2D eigenvalue weighted by atomic mass is 9.69. The molecule has 0 saturated heterocycles. The summed E-state index contributed by atoms with van der Waals surface area (Å²) in [5, 5.41) is 3.58. The van der Waals surface area contributed by atoms with Crippen LogP contribution < -0.4 is 5.32 Å². The molecule has 2 fully saturated rings. The quantitative estimate of drug-likeness (QED) is 0.261. The Balaban J connectivity index is 1.30. The first-order valence-electron chi connectivity index (χ1n) is 14.5. The maximum atomic E-state index is 13.6. The summed E-state index contributed by atoms with van der Waals surface area (Å²) in [5.41, 5.74) is 1.60. The molecule has 2 saturated carbocycles. The topological polar surface area (TPSA) is 72.5 Å². The van der Waals surface area contributed by atoms with Crippen molar-refractivity contribution in [3.8, 4) is 0 Å². The van der Waals surface area contributed by atoms with E-state index in [2.05, 4.69) is 43.4 Å². The zero-order chi connectivity index (χ0) is 28.2. The van der Waals surface area contributed by atoms with Gasteiger partial charge in [0.05, 0.1) is 17.1 Å². The van der Waals surface area contributed by atoms with Crippen LogP contribution in [0.1, 0.15) is 57.1 Å². The van der Waals surface area contributed by atoms with Crippen molar-refractivity contribution in [3.63, 3.8) is 0 Å². The van der Waals surface area contributed by atoms with Crippen molar-refractivity contribution in [2.75, 3.05) is 5.75 Å². The Morgan fingerprint density at radius 3 is 2.15 bits per heavy atom. The first-order chi connectivity index (χ1) is 19.2. The molecular formula is C34H41NO4S. The second kappa shape index (κ2) is 11.9. The summed E-state index contributed by atoms with van der Waals surface area (Å²) in [6.45, 7) is 5.01. The molecule has 0 unspecified atom stereocenters. The van der Waals surface area contributed by atoms with Crippen LogP contribution >= 0.6 is 0 Å². The zero-order valence-electron chi connectivity index (χ0n) is 23.6. The molecule has 40 heavy (non-hydrogen) atoms. The SMILES string of the molecule is CC1(C)[C@H]2CC[C@]1(CS(=O)(=O)c1ccccc1)[C@@H](OC(=O)C[C@H](CCc1ccccc1)NCc1ccccc1)C2. The monoisotopic (exact) mass is 559 g/mol. The molecular weight excluding hydrogens is 518 g/mol. The highest BCUT2D eigenvalue weighted by Gasteiger charge is 2.66. The molecule has 4 atom stereocenters. The number of carbonyl (C=O) groups excluding carboxylic acids is 1. The molecule has 5 nitrogen and oxygen atoms in total. The smallest absolute Gasteiger partial charge is 0.307 e. The molecule has 2 aliphatic carbocycles. The molecule has 0 spiro atoms. The lowest BCUT2D eigenvalue weighted by Crippen LogP contribution is -2.46. The number of hydrogen-bond acceptors (Lipinski definition) is 5. The molecule has 6 heteroatoms. The van der Waals surface area contributed by atoms with Crippen LogP contribution in [0.15, 0.2) is 95.9 Å². The van der Waals surface area contributed by atoms with Gasteiger partial charge in [-0.3, -0.25) is 4.79 Å². The van der Waals surface area contributed by atoms with Crippen molar-refractivity contribution in [3.05, 3.63) is 102 Å². The van der Waals surface area contributed by atoms with Crippen LogP contribution in [0.4, 0.5) is 0 Å². The summed E-state index contributed by atoms with van der Waals surface area (Å²) >= 11 is 0. The van der Waals surface area contributed by atoms with Gasteiger partial charge in [-0.15, -0.1) is 0 Å². The normalized spacial score (nSPS) is 24.1. The third-order valence-corrected chi connectivity index (χ3v) is 11.5. The Morgan fingerprint density at radius 2 is 1.52 bits per heavy atom. The number of sulfone groups is 1. The van der Waals surface area contributed by atoms with E-state index >= 15 is 0 Å². The maximum absolute atomic E-state index is 13.6. The third-order valence-electron chi connectivity index (χ3n) is 9.66. The van der Waals surface area contributed by atoms with E-state index in [0.717, 1.165) is 32.1 Å². The number of nitrogens with one attached hydrogen (secondary N) is 1. The average molecular weight is 560 g/mol. The van der Waals surface area contributed by atoms with E-state index in [9.17, 15) is 13.2 Å². The van der Waals surface area contributed by atoms with Gasteiger partial charge < -0.3 is 10.1 Å². The highest BCUT2D eigenvalue weighted by Crippen LogP contribution is 2.67. The van der Waals surface area contributed by atoms with Crippen molar-refractivity contribution in [2.24, 2.45) is 16.7 Å². The molecule has 0 aliphatic heterocycles. The first kappa shape index (κ1) is 28.6. The number of carbonyl (C=O) groups is 1. The van der Waals surface area contributed by atoms with E-state index in [0.29, 0.717) is 17.4 Å². The van der Waals surface area contributed by atoms with Gasteiger partial charge in [0.2, 0.25) is 0 Å². The van der Waals surface area contributed by atoms with Crippen LogP contribution in [0.25, 0.3) is 0 Å². The third kappa shape index (κ3) is 6.03. The van der Waals surface area contributed by atoms with Gasteiger partial charge in [0.1, 0.15) is 6.10 Å². The minimum atomic E-state index is -3.53. The number of rotatable bonds is 12. The first-order valence-corrected chi connectivity index (χ1v) is 16.1. The van der Waals surface area contributed by atoms with Crippen molar-refractivity contribution >= 4 is 15.8 Å². The van der Waals surface area contributed by atoms with Crippen molar-refractivity contribution in [1.29, 1.82) is 0 Å². The van der Waals surface area contributed by atoms with Crippen molar-refractivity contribution in [2.45, 2.75) is 76.0 Å². The van der Waals surface area contributed by atoms with Crippen molar-refractivity contribution < 1.29 is 17.9 Å². The van der Waals surface area contributed by atoms with Crippen LogP contribution in [-0.2, 0) is 32.3 Å². The minimum absolute atomic E-state index is 0.00908. The lowest BCUT2D eigenvalue weighted by molar-refractivity contribution is -0.157. The fraction of sp³-hybridized carbons (Fsp3) is 0.441. The summed E-state index contributed by atoms with van der Waals surface area (Å²) < 4.78 is 33.4. The molecule has 1 N–H and O–H groups in total. The Morgan fingerprint density at radius 1 is 0.925 bits per heavy atom. The highest BCUT2D eigenvalue weighted by molar-refractivity contribution is 7.91. The van der Waals surface area contributed by atoms with Crippen LogP contribution in [0.5, 0.6) is 0 Å². The molecule has 0 heterocycles. The summed E-state index contributed by atoms with van der Waals surface area (Å²) in [5.74, 6) is 0.111. The molecule has 0 radical (unpaired) electrons. The van der Waals surface area contributed by atoms with Gasteiger partial charge in [-0.25, -0.2) is 8.42 Å². The Labute approximate surface area is 239 Å². The largest absolute Gasteiger partial charge is 0.462 e. The Hall–Kier alpha value is -2.96. The van der Waals surface area contributed by atoms with Gasteiger partial charge >= 0.3 is 5.97 Å². The summed E-state index contributed by atoms with van der Waals surface area (Å²) in [7, 11) is -3.53. The van der Waals surface area contributed by atoms with Gasteiger partial charge in [0.25, 0.3) is 0 Å². The molecule has 5 rings (SSSR count). The molecule has 0 aromatic heterocycles. The zero-order valence-corrected chi connectivity index (χ0v) is 24.4. The number of esters is 1. The van der Waals surface area contributed by atoms with Crippen LogP contribution in [0, 0.1) is 16.7 Å². The van der Waals surface area contributed by atoms with E-state index in [4.69, 9.17) is 4.74 Å². The van der Waals surface area contributed by atoms with E-state index < -0.39 is 21.4 Å². The van der Waals surface area contributed by atoms with Gasteiger partial charge in [0.15, 0.2) is 9.84 Å². The van der Waals surface area contributed by atoms with Gasteiger partial charge in [0, 0.05) is 18.0 Å². The second-order valence-electron chi connectivity index (χ2n) is 12.2. The number of aryl methyl sites for hydroxylation is 1. The number of hydrogen-bond donors (Lipinski definition) is 1. The van der Waals surface area contributed by atoms with Crippen LogP contribution in [0.2, 0.25) is 0 Å². The second-order valence-corrected chi connectivity index (χ2v) is 14.2. The van der Waals surface area contributed by atoms with E-state index in [1.807, 2.05) is 42.5 Å². The Bertz CT molecular complexity index is 1330.